The van der Waals surface area contributed by atoms with Crippen LogP contribution in [0.1, 0.15) is 47.0 Å². The van der Waals surface area contributed by atoms with Crippen LogP contribution in [0.2, 0.25) is 0 Å². The summed E-state index contributed by atoms with van der Waals surface area (Å²) in [4.78, 5) is 23.5. The van der Waals surface area contributed by atoms with E-state index in [0.29, 0.717) is 12.0 Å². The summed E-state index contributed by atoms with van der Waals surface area (Å²) in [5.41, 5.74) is 4.41. The van der Waals surface area contributed by atoms with Crippen LogP contribution in [0.5, 0.6) is 0 Å². The summed E-state index contributed by atoms with van der Waals surface area (Å²) in [6.07, 6.45) is 2.28. The molecule has 0 unspecified atom stereocenters. The van der Waals surface area contributed by atoms with Gasteiger partial charge in [0.05, 0.1) is 0 Å². The van der Waals surface area contributed by atoms with Crippen LogP contribution in [0, 0.1) is 11.3 Å². The van der Waals surface area contributed by atoms with E-state index in [1.54, 1.807) is 0 Å². The molecule has 1 heterocycles. The number of allylic oxidation sites excluding steroid dienone is 1. The molecule has 1 fully saturated rings. The molecule has 4 nitrogen and oxygen atoms in total. The Morgan fingerprint density at radius 1 is 1.33 bits per heavy atom. The molecule has 3 aliphatic rings. The van der Waals surface area contributed by atoms with Gasteiger partial charge in [-0.1, -0.05) is 25.0 Å². The van der Waals surface area contributed by atoms with E-state index in [4.69, 9.17) is 9.47 Å². The fraction of sp³-hybridized carbons (Fsp3) is 0.647. The quantitative estimate of drug-likeness (QED) is 0.550. The van der Waals surface area contributed by atoms with Crippen LogP contribution in [0.15, 0.2) is 22.3 Å². The summed E-state index contributed by atoms with van der Waals surface area (Å²) >= 11 is 0. The zero-order valence-electron chi connectivity index (χ0n) is 13.1. The van der Waals surface area contributed by atoms with Gasteiger partial charge in [0.15, 0.2) is 0 Å². The van der Waals surface area contributed by atoms with E-state index in [2.05, 4.69) is 20.8 Å². The summed E-state index contributed by atoms with van der Waals surface area (Å²) in [7, 11) is 0. The average molecular weight is 290 g/mol. The average Bonchev–Trinajstić information content (AvgIpc) is 2.85. The second-order valence-electron chi connectivity index (χ2n) is 7.24. The number of ether oxygens (including phenoxy) is 2. The molecule has 0 N–H and O–H groups in total. The van der Waals surface area contributed by atoms with Gasteiger partial charge in [-0.3, -0.25) is 4.79 Å². The lowest BCUT2D eigenvalue weighted by atomic mass is 9.87. The lowest BCUT2D eigenvalue weighted by Gasteiger charge is -2.26. The van der Waals surface area contributed by atoms with Crippen LogP contribution in [0.4, 0.5) is 0 Å². The molecule has 0 amide bonds. The van der Waals surface area contributed by atoms with Crippen LogP contribution >= 0.6 is 0 Å². The van der Waals surface area contributed by atoms with E-state index in [1.807, 2.05) is 0 Å². The van der Waals surface area contributed by atoms with Crippen molar-refractivity contribution in [1.29, 1.82) is 0 Å². The van der Waals surface area contributed by atoms with Gasteiger partial charge in [0.2, 0.25) is 0 Å². The number of carbonyl (C=O) groups excluding carboxylic acids is 2. The first-order valence-electron chi connectivity index (χ1n) is 7.53. The van der Waals surface area contributed by atoms with Crippen molar-refractivity contribution in [2.45, 2.75) is 53.1 Å². The highest BCUT2D eigenvalue weighted by Crippen LogP contribution is 2.52. The number of rotatable bonds is 1. The summed E-state index contributed by atoms with van der Waals surface area (Å²) in [6, 6.07) is 0. The van der Waals surface area contributed by atoms with Gasteiger partial charge in [-0.05, 0) is 25.2 Å². The normalized spacial score (nSPS) is 30.8. The third-order valence-corrected chi connectivity index (χ3v) is 4.87. The fourth-order valence-corrected chi connectivity index (χ4v) is 4.04. The van der Waals surface area contributed by atoms with Gasteiger partial charge in [0.25, 0.3) is 0 Å². The van der Waals surface area contributed by atoms with Crippen molar-refractivity contribution in [3.05, 3.63) is 22.3 Å². The number of esters is 2. The topological polar surface area (TPSA) is 52.6 Å². The summed E-state index contributed by atoms with van der Waals surface area (Å²) in [6.45, 7) is 8.29. The predicted octanol–water partition coefficient (Wildman–Crippen LogP) is 2.93. The molecule has 114 valence electrons. The largest absolute Gasteiger partial charge is 0.458 e. The van der Waals surface area contributed by atoms with Gasteiger partial charge in [-0.2, -0.15) is 0 Å². The number of hydrogen-bond donors (Lipinski definition) is 0. The van der Waals surface area contributed by atoms with E-state index in [0.717, 1.165) is 18.4 Å². The molecule has 0 aromatic rings. The maximum absolute atomic E-state index is 11.9. The van der Waals surface area contributed by atoms with Crippen LogP contribution in [0.25, 0.3) is 0 Å². The minimum absolute atomic E-state index is 0.186. The first-order chi connectivity index (χ1) is 9.78. The molecule has 0 saturated heterocycles. The van der Waals surface area contributed by atoms with Crippen LogP contribution in [-0.2, 0) is 19.1 Å². The molecular formula is C17H22O4. The minimum Gasteiger partial charge on any atom is -0.458 e. The molecule has 0 spiro atoms. The van der Waals surface area contributed by atoms with Crippen molar-refractivity contribution in [3.8, 4) is 0 Å². The van der Waals surface area contributed by atoms with Gasteiger partial charge in [0.1, 0.15) is 12.7 Å². The summed E-state index contributed by atoms with van der Waals surface area (Å²) in [5.74, 6) is -0.359. The smallest absolute Gasteiger partial charge is 0.334 e. The molecule has 1 aliphatic heterocycles. The zero-order chi connectivity index (χ0) is 15.4. The van der Waals surface area contributed by atoms with Crippen molar-refractivity contribution in [2.24, 2.45) is 11.3 Å². The van der Waals surface area contributed by atoms with Gasteiger partial charge in [-0.25, -0.2) is 4.79 Å². The third-order valence-electron chi connectivity index (χ3n) is 4.87. The van der Waals surface area contributed by atoms with E-state index in [-0.39, 0.29) is 36.0 Å². The second-order valence-corrected chi connectivity index (χ2v) is 7.24. The molecule has 0 bridgehead atoms. The minimum atomic E-state index is -0.335. The van der Waals surface area contributed by atoms with E-state index in [9.17, 15) is 9.59 Å². The molecule has 0 radical (unpaired) electrons. The Morgan fingerprint density at radius 2 is 2.05 bits per heavy atom. The molecule has 4 heteroatoms. The Morgan fingerprint density at radius 3 is 2.71 bits per heavy atom. The molecule has 0 aromatic heterocycles. The van der Waals surface area contributed by atoms with Crippen molar-refractivity contribution < 1.29 is 19.1 Å². The Hall–Kier alpha value is -1.58. The monoisotopic (exact) mass is 290 g/mol. The molecule has 21 heavy (non-hydrogen) atoms. The Labute approximate surface area is 125 Å². The fourth-order valence-electron chi connectivity index (χ4n) is 4.04. The predicted molar refractivity (Wildman–Crippen MR) is 77.4 cm³/mol. The van der Waals surface area contributed by atoms with Crippen molar-refractivity contribution >= 4 is 11.9 Å². The molecular weight excluding hydrogens is 268 g/mol. The first kappa shape index (κ1) is 14.4. The van der Waals surface area contributed by atoms with E-state index >= 15 is 0 Å². The highest BCUT2D eigenvalue weighted by molar-refractivity contribution is 5.93. The van der Waals surface area contributed by atoms with Gasteiger partial charge < -0.3 is 9.47 Å². The van der Waals surface area contributed by atoms with Gasteiger partial charge >= 0.3 is 11.9 Å². The molecule has 2 atom stereocenters. The zero-order valence-corrected chi connectivity index (χ0v) is 13.1. The standard InChI is InChI=1S/C17H22O4/c1-9-5-11-14(8-20-16(11)19)15(21-10(2)18)13-7-17(3,4)6-12(9)13/h13,15H,5-8H2,1-4H3/t13-,15+/m1/s1. The van der Waals surface area contributed by atoms with E-state index in [1.165, 1.54) is 18.1 Å². The number of fused-ring (bicyclic) bond motifs is 1. The molecule has 2 aliphatic carbocycles. The number of hydrogen-bond acceptors (Lipinski definition) is 4. The Kier molecular flexibility index (Phi) is 3.23. The third kappa shape index (κ3) is 2.41. The van der Waals surface area contributed by atoms with Gasteiger partial charge in [0, 0.05) is 30.4 Å². The maximum Gasteiger partial charge on any atom is 0.334 e. The highest BCUT2D eigenvalue weighted by Gasteiger charge is 2.47. The Balaban J connectivity index is 2.07. The highest BCUT2D eigenvalue weighted by atomic mass is 16.6. The van der Waals surface area contributed by atoms with Crippen molar-refractivity contribution in [2.75, 3.05) is 6.61 Å². The lowest BCUT2D eigenvalue weighted by molar-refractivity contribution is -0.146. The molecule has 3 rings (SSSR count). The number of cyclic esters (lactones) is 1. The Bertz CT molecular complexity index is 580. The maximum atomic E-state index is 11.9. The molecule has 0 aromatic carbocycles. The SMILES string of the molecule is CC(=O)O[C@@H]1C2=C(CC(C)=C3CC(C)(C)C[C@H]31)C(=O)OC2. The molecule has 1 saturated carbocycles. The number of carbonyl (C=O) groups is 2. The van der Waals surface area contributed by atoms with Crippen LogP contribution < -0.4 is 0 Å². The van der Waals surface area contributed by atoms with Crippen molar-refractivity contribution in [1.82, 2.24) is 0 Å². The second kappa shape index (κ2) is 4.72. The summed E-state index contributed by atoms with van der Waals surface area (Å²) in [5, 5.41) is 0. The van der Waals surface area contributed by atoms with Gasteiger partial charge in [-0.15, -0.1) is 0 Å². The van der Waals surface area contributed by atoms with E-state index < -0.39 is 0 Å². The summed E-state index contributed by atoms with van der Waals surface area (Å²) < 4.78 is 10.8. The lowest BCUT2D eigenvalue weighted by Crippen LogP contribution is -2.29. The van der Waals surface area contributed by atoms with Crippen molar-refractivity contribution in [3.63, 3.8) is 0 Å². The van der Waals surface area contributed by atoms with Crippen LogP contribution in [0.3, 0.4) is 0 Å². The van der Waals surface area contributed by atoms with Crippen LogP contribution in [-0.4, -0.2) is 24.6 Å². The first-order valence-corrected chi connectivity index (χ1v) is 7.53.